The van der Waals surface area contributed by atoms with Crippen molar-refractivity contribution in [1.82, 2.24) is 4.90 Å². The molecule has 2 aliphatic carbocycles. The molecule has 88 valence electrons. The van der Waals surface area contributed by atoms with Gasteiger partial charge in [0.15, 0.2) is 0 Å². The predicted molar refractivity (Wildman–Crippen MR) is 66.1 cm³/mol. The van der Waals surface area contributed by atoms with Gasteiger partial charge in [0, 0.05) is 11.6 Å². The van der Waals surface area contributed by atoms with E-state index in [1.165, 1.54) is 51.5 Å². The lowest BCUT2D eigenvalue weighted by Gasteiger charge is -2.55. The fraction of sp³-hybridized carbons (Fsp3) is 1.00. The Hall–Kier alpha value is -0.0400. The molecule has 1 spiro atoms. The average Bonchev–Trinajstić information content (AvgIpc) is 3.02. The number of nitrogens with zero attached hydrogens (tertiary/aromatic N) is 1. The minimum atomic E-state index is 0.707. The van der Waals surface area contributed by atoms with Gasteiger partial charge in [-0.1, -0.05) is 20.8 Å². The first-order valence-electron chi connectivity index (χ1n) is 7.07. The summed E-state index contributed by atoms with van der Waals surface area (Å²) in [5, 5.41) is 0. The van der Waals surface area contributed by atoms with E-state index in [2.05, 4.69) is 11.8 Å². The quantitative estimate of drug-likeness (QED) is 0.634. The van der Waals surface area contributed by atoms with Crippen molar-refractivity contribution < 1.29 is 0 Å². The van der Waals surface area contributed by atoms with E-state index >= 15 is 0 Å². The van der Waals surface area contributed by atoms with Gasteiger partial charge >= 0.3 is 0 Å². The maximum atomic E-state index is 2.89. The second-order valence-corrected chi connectivity index (χ2v) is 5.60. The molecule has 1 heterocycles. The van der Waals surface area contributed by atoms with Crippen LogP contribution in [0, 0.1) is 5.92 Å². The van der Waals surface area contributed by atoms with E-state index in [1.807, 2.05) is 13.8 Å². The average molecular weight is 209 g/mol. The molecular formula is C14H27N. The van der Waals surface area contributed by atoms with Crippen molar-refractivity contribution in [2.24, 2.45) is 5.92 Å². The molecule has 0 aromatic carbocycles. The Balaban J connectivity index is 0.000000404. The molecule has 0 aromatic heterocycles. The predicted octanol–water partition coefficient (Wildman–Crippen LogP) is 3.83. The summed E-state index contributed by atoms with van der Waals surface area (Å²) < 4.78 is 0. The lowest BCUT2D eigenvalue weighted by molar-refractivity contribution is -0.0405. The van der Waals surface area contributed by atoms with E-state index in [4.69, 9.17) is 0 Å². The van der Waals surface area contributed by atoms with Crippen molar-refractivity contribution in [2.45, 2.75) is 77.3 Å². The molecule has 3 aliphatic rings. The number of hydrogen-bond donors (Lipinski definition) is 0. The maximum Gasteiger partial charge on any atom is 0.0215 e. The molecule has 0 amide bonds. The van der Waals surface area contributed by atoms with Crippen LogP contribution in [0.5, 0.6) is 0 Å². The zero-order chi connectivity index (χ0) is 10.9. The van der Waals surface area contributed by atoms with Gasteiger partial charge in [0.05, 0.1) is 0 Å². The van der Waals surface area contributed by atoms with Gasteiger partial charge in [-0.05, 0) is 57.4 Å². The highest BCUT2D eigenvalue weighted by Crippen LogP contribution is 2.50. The summed E-state index contributed by atoms with van der Waals surface area (Å²) in [4.78, 5) is 2.89. The Labute approximate surface area is 95.2 Å². The highest BCUT2D eigenvalue weighted by molar-refractivity contribution is 5.06. The molecule has 2 saturated carbocycles. The standard InChI is InChI=1S/C12H21N.C2H6/c1-10-5-8-13(11-3-4-11)12(9-10)6-2-7-12;1-2/h10-11H,2-9H2,1H3;1-2H3/t10-;/m1./s1. The van der Waals surface area contributed by atoms with E-state index < -0.39 is 0 Å². The van der Waals surface area contributed by atoms with Gasteiger partial charge < -0.3 is 0 Å². The fourth-order valence-electron chi connectivity index (χ4n) is 3.50. The van der Waals surface area contributed by atoms with Crippen LogP contribution in [-0.2, 0) is 0 Å². The van der Waals surface area contributed by atoms with Crippen LogP contribution in [-0.4, -0.2) is 23.0 Å². The van der Waals surface area contributed by atoms with Crippen molar-refractivity contribution in [3.05, 3.63) is 0 Å². The van der Waals surface area contributed by atoms with Gasteiger partial charge in [0.2, 0.25) is 0 Å². The summed E-state index contributed by atoms with van der Waals surface area (Å²) >= 11 is 0. The molecule has 0 unspecified atom stereocenters. The molecule has 3 fully saturated rings. The van der Waals surface area contributed by atoms with Crippen molar-refractivity contribution in [1.29, 1.82) is 0 Å². The maximum absolute atomic E-state index is 2.89. The van der Waals surface area contributed by atoms with Crippen molar-refractivity contribution in [3.8, 4) is 0 Å². The Morgan fingerprint density at radius 3 is 2.20 bits per heavy atom. The van der Waals surface area contributed by atoms with Crippen LogP contribution in [0.4, 0.5) is 0 Å². The van der Waals surface area contributed by atoms with Gasteiger partial charge in [-0.3, -0.25) is 4.90 Å². The SMILES string of the molecule is CC.C[C@@H]1CCN(C2CC2)C2(CCC2)C1. The lowest BCUT2D eigenvalue weighted by atomic mass is 9.67. The highest BCUT2D eigenvalue weighted by atomic mass is 15.3. The number of piperidine rings is 1. The molecule has 1 nitrogen and oxygen atoms in total. The normalized spacial score (nSPS) is 34.2. The molecule has 0 radical (unpaired) electrons. The monoisotopic (exact) mass is 209 g/mol. The summed E-state index contributed by atoms with van der Waals surface area (Å²) in [7, 11) is 0. The topological polar surface area (TPSA) is 3.24 Å². The van der Waals surface area contributed by atoms with Gasteiger partial charge in [-0.15, -0.1) is 0 Å². The van der Waals surface area contributed by atoms with Crippen LogP contribution in [0.1, 0.15) is 65.7 Å². The fourth-order valence-corrected chi connectivity index (χ4v) is 3.50. The lowest BCUT2D eigenvalue weighted by Crippen LogP contribution is -2.58. The first-order chi connectivity index (χ1) is 7.30. The van der Waals surface area contributed by atoms with E-state index in [-0.39, 0.29) is 0 Å². The summed E-state index contributed by atoms with van der Waals surface area (Å²) in [6.45, 7) is 7.86. The van der Waals surface area contributed by atoms with Crippen LogP contribution in [0.15, 0.2) is 0 Å². The molecule has 15 heavy (non-hydrogen) atoms. The second-order valence-electron chi connectivity index (χ2n) is 5.60. The summed E-state index contributed by atoms with van der Waals surface area (Å²) in [6, 6.07) is 1.01. The molecule has 3 rings (SSSR count). The van der Waals surface area contributed by atoms with Gasteiger partial charge in [-0.2, -0.15) is 0 Å². The van der Waals surface area contributed by atoms with Crippen molar-refractivity contribution in [2.75, 3.05) is 6.54 Å². The minimum absolute atomic E-state index is 0.707. The van der Waals surface area contributed by atoms with Crippen molar-refractivity contribution >= 4 is 0 Å². The molecule has 0 aromatic rings. The number of hydrogen-bond acceptors (Lipinski definition) is 1. The van der Waals surface area contributed by atoms with Crippen LogP contribution in [0.3, 0.4) is 0 Å². The van der Waals surface area contributed by atoms with Crippen LogP contribution in [0.2, 0.25) is 0 Å². The molecule has 0 bridgehead atoms. The van der Waals surface area contributed by atoms with Gasteiger partial charge in [0.25, 0.3) is 0 Å². The first-order valence-corrected chi connectivity index (χ1v) is 7.07. The zero-order valence-corrected chi connectivity index (χ0v) is 10.8. The van der Waals surface area contributed by atoms with E-state index in [0.29, 0.717) is 5.54 Å². The summed E-state index contributed by atoms with van der Waals surface area (Å²) in [5.74, 6) is 0.996. The summed E-state index contributed by atoms with van der Waals surface area (Å²) in [6.07, 6.45) is 10.5. The Morgan fingerprint density at radius 1 is 1.07 bits per heavy atom. The Morgan fingerprint density at radius 2 is 1.73 bits per heavy atom. The molecule has 1 aliphatic heterocycles. The van der Waals surface area contributed by atoms with E-state index in [1.54, 1.807) is 0 Å². The zero-order valence-electron chi connectivity index (χ0n) is 10.8. The van der Waals surface area contributed by atoms with Crippen molar-refractivity contribution in [3.63, 3.8) is 0 Å². The van der Waals surface area contributed by atoms with E-state index in [9.17, 15) is 0 Å². The minimum Gasteiger partial charge on any atom is -0.295 e. The smallest absolute Gasteiger partial charge is 0.0215 e. The summed E-state index contributed by atoms with van der Waals surface area (Å²) in [5.41, 5.74) is 0.707. The molecular weight excluding hydrogens is 182 g/mol. The van der Waals surface area contributed by atoms with Gasteiger partial charge in [0.1, 0.15) is 0 Å². The third-order valence-electron chi connectivity index (χ3n) is 4.47. The Kier molecular flexibility index (Phi) is 3.39. The Bertz CT molecular complexity index is 203. The molecule has 1 atom stereocenters. The first kappa shape index (κ1) is 11.4. The largest absolute Gasteiger partial charge is 0.295 e. The third-order valence-corrected chi connectivity index (χ3v) is 4.47. The number of rotatable bonds is 1. The van der Waals surface area contributed by atoms with Gasteiger partial charge in [-0.25, -0.2) is 0 Å². The molecule has 0 N–H and O–H groups in total. The molecule has 1 saturated heterocycles. The third kappa shape index (κ3) is 2.08. The molecule has 1 heteroatoms. The highest BCUT2D eigenvalue weighted by Gasteiger charge is 2.50. The number of likely N-dealkylation sites (tertiary alicyclic amines) is 1. The van der Waals surface area contributed by atoms with Crippen LogP contribution in [0.25, 0.3) is 0 Å². The van der Waals surface area contributed by atoms with Crippen LogP contribution >= 0.6 is 0 Å². The second kappa shape index (κ2) is 4.45. The van der Waals surface area contributed by atoms with Crippen LogP contribution < -0.4 is 0 Å². The van der Waals surface area contributed by atoms with E-state index in [0.717, 1.165) is 12.0 Å².